The molecule has 18 heavy (non-hydrogen) atoms. The van der Waals surface area contributed by atoms with Crippen LogP contribution < -0.4 is 0 Å². The molecule has 0 aliphatic heterocycles. The van der Waals surface area contributed by atoms with Crippen LogP contribution in [0.4, 0.5) is 0 Å². The highest BCUT2D eigenvalue weighted by molar-refractivity contribution is 7.90. The Hall–Kier alpha value is -0.950. The average molecular weight is 290 g/mol. The molecule has 1 atom stereocenters. The number of sulfone groups is 1. The quantitative estimate of drug-likeness (QED) is 0.821. The van der Waals surface area contributed by atoms with Crippen molar-refractivity contribution in [3.05, 3.63) is 16.6 Å². The number of hydrogen-bond acceptors (Lipinski definition) is 5. The Morgan fingerprint density at radius 2 is 2.17 bits per heavy atom. The van der Waals surface area contributed by atoms with Crippen LogP contribution in [-0.4, -0.2) is 48.2 Å². The van der Waals surface area contributed by atoms with Crippen LogP contribution in [-0.2, 0) is 9.84 Å². The van der Waals surface area contributed by atoms with Crippen LogP contribution in [0.2, 0.25) is 0 Å². The second-order valence-electron chi connectivity index (χ2n) is 4.36. The fourth-order valence-electron chi connectivity index (χ4n) is 1.80. The molecule has 5 nitrogen and oxygen atoms in total. The predicted octanol–water partition coefficient (Wildman–Crippen LogP) is 1.35. The highest BCUT2D eigenvalue weighted by Crippen LogP contribution is 2.13. The van der Waals surface area contributed by atoms with Crippen molar-refractivity contribution in [3.63, 3.8) is 0 Å². The van der Waals surface area contributed by atoms with Gasteiger partial charge in [0.15, 0.2) is 0 Å². The van der Waals surface area contributed by atoms with E-state index in [0.717, 1.165) is 4.88 Å². The summed E-state index contributed by atoms with van der Waals surface area (Å²) in [4.78, 5) is 14.7. The summed E-state index contributed by atoms with van der Waals surface area (Å²) in [6, 6.07) is 1.38. The molecule has 1 amide bonds. The van der Waals surface area contributed by atoms with Gasteiger partial charge in [-0.05, 0) is 38.4 Å². The summed E-state index contributed by atoms with van der Waals surface area (Å²) < 4.78 is 26.6. The summed E-state index contributed by atoms with van der Waals surface area (Å²) in [7, 11) is -3.10. The number of hydrogen-bond donors (Lipinski definition) is 0. The van der Waals surface area contributed by atoms with Gasteiger partial charge in [-0.1, -0.05) is 0 Å². The largest absolute Gasteiger partial charge is 0.334 e. The number of rotatable bonds is 5. The van der Waals surface area contributed by atoms with Gasteiger partial charge in [0.25, 0.3) is 5.91 Å². The minimum Gasteiger partial charge on any atom is -0.334 e. The van der Waals surface area contributed by atoms with Crippen LogP contribution in [0.15, 0.2) is 6.07 Å². The number of amides is 1. The normalized spacial score (nSPS) is 13.3. The smallest absolute Gasteiger partial charge is 0.273 e. The third-order valence-corrected chi connectivity index (χ3v) is 4.31. The fraction of sp³-hybridized carbons (Fsp3) is 0.636. The first-order valence-electron chi connectivity index (χ1n) is 5.66. The highest BCUT2D eigenvalue weighted by atomic mass is 32.2. The van der Waals surface area contributed by atoms with Gasteiger partial charge in [-0.25, -0.2) is 8.42 Å². The molecule has 0 spiro atoms. The maximum Gasteiger partial charge on any atom is 0.273 e. The van der Waals surface area contributed by atoms with Crippen molar-refractivity contribution < 1.29 is 13.2 Å². The fourth-order valence-corrected chi connectivity index (χ4v) is 3.39. The standard InChI is InChI=1S/C11H18N2O3S2/c1-5-13(8(2)7-18(4,15)16)11(14)10-6-9(3)17-12-10/h6,8H,5,7H2,1-4H3. The molecule has 7 heteroatoms. The summed E-state index contributed by atoms with van der Waals surface area (Å²) in [5.74, 6) is -0.242. The van der Waals surface area contributed by atoms with Gasteiger partial charge >= 0.3 is 0 Å². The molecule has 1 heterocycles. The molecule has 0 N–H and O–H groups in total. The van der Waals surface area contributed by atoms with Gasteiger partial charge in [-0.2, -0.15) is 4.37 Å². The predicted molar refractivity (Wildman–Crippen MR) is 72.7 cm³/mol. The number of aromatic nitrogens is 1. The van der Waals surface area contributed by atoms with Crippen molar-refractivity contribution in [1.29, 1.82) is 0 Å². The van der Waals surface area contributed by atoms with Crippen LogP contribution >= 0.6 is 11.5 Å². The van der Waals surface area contributed by atoms with Crippen molar-refractivity contribution in [3.8, 4) is 0 Å². The summed E-state index contributed by atoms with van der Waals surface area (Å²) in [5, 5.41) is 0. The molecule has 0 bridgehead atoms. The Kier molecular flexibility index (Phi) is 4.86. The Morgan fingerprint density at radius 3 is 2.56 bits per heavy atom. The van der Waals surface area contributed by atoms with Crippen LogP contribution in [0.3, 0.4) is 0 Å². The summed E-state index contributed by atoms with van der Waals surface area (Å²) in [5.41, 5.74) is 0.389. The lowest BCUT2D eigenvalue weighted by molar-refractivity contribution is 0.0714. The monoisotopic (exact) mass is 290 g/mol. The Bertz CT molecular complexity index is 522. The van der Waals surface area contributed by atoms with Crippen LogP contribution in [0, 0.1) is 6.92 Å². The molecule has 102 valence electrons. The second kappa shape index (κ2) is 5.79. The first-order chi connectivity index (χ1) is 8.24. The molecular weight excluding hydrogens is 272 g/mol. The molecule has 0 saturated heterocycles. The van der Waals surface area contributed by atoms with E-state index < -0.39 is 9.84 Å². The molecule has 0 saturated carbocycles. The van der Waals surface area contributed by atoms with Crippen LogP contribution in [0.1, 0.15) is 29.2 Å². The van der Waals surface area contributed by atoms with Crippen molar-refractivity contribution in [1.82, 2.24) is 9.27 Å². The van der Waals surface area contributed by atoms with E-state index >= 15 is 0 Å². The lowest BCUT2D eigenvalue weighted by Gasteiger charge is -2.26. The van der Waals surface area contributed by atoms with Crippen molar-refractivity contribution in [2.24, 2.45) is 0 Å². The van der Waals surface area contributed by atoms with Crippen molar-refractivity contribution in [2.75, 3.05) is 18.6 Å². The van der Waals surface area contributed by atoms with E-state index in [0.29, 0.717) is 12.2 Å². The summed E-state index contributed by atoms with van der Waals surface area (Å²) in [6.07, 6.45) is 1.18. The van der Waals surface area contributed by atoms with E-state index in [1.54, 1.807) is 13.0 Å². The Morgan fingerprint density at radius 1 is 1.56 bits per heavy atom. The third kappa shape index (κ3) is 4.06. The van der Waals surface area contributed by atoms with Gasteiger partial charge in [0, 0.05) is 23.7 Å². The number of carbonyl (C=O) groups is 1. The van der Waals surface area contributed by atoms with E-state index in [9.17, 15) is 13.2 Å². The molecule has 0 aromatic carbocycles. The first kappa shape index (κ1) is 15.1. The van der Waals surface area contributed by atoms with Gasteiger partial charge < -0.3 is 4.90 Å². The highest BCUT2D eigenvalue weighted by Gasteiger charge is 2.24. The lowest BCUT2D eigenvalue weighted by Crippen LogP contribution is -2.42. The first-order valence-corrected chi connectivity index (χ1v) is 8.50. The second-order valence-corrected chi connectivity index (χ2v) is 7.55. The third-order valence-electron chi connectivity index (χ3n) is 2.52. The van der Waals surface area contributed by atoms with Gasteiger partial charge in [-0.3, -0.25) is 4.79 Å². The van der Waals surface area contributed by atoms with Gasteiger partial charge in [0.1, 0.15) is 15.5 Å². The topological polar surface area (TPSA) is 67.3 Å². The van der Waals surface area contributed by atoms with Crippen molar-refractivity contribution in [2.45, 2.75) is 26.8 Å². The molecule has 1 aromatic rings. The molecule has 0 radical (unpaired) electrons. The molecule has 1 aromatic heterocycles. The number of aryl methyl sites for hydroxylation is 1. The molecule has 0 fully saturated rings. The van der Waals surface area contributed by atoms with Crippen LogP contribution in [0.5, 0.6) is 0 Å². The van der Waals surface area contributed by atoms with E-state index in [2.05, 4.69) is 4.37 Å². The van der Waals surface area contributed by atoms with Gasteiger partial charge in [0.05, 0.1) is 5.75 Å². The SMILES string of the molecule is CCN(C(=O)c1cc(C)sn1)C(C)CS(C)(=O)=O. The van der Waals surface area contributed by atoms with E-state index in [1.807, 2.05) is 13.8 Å². The molecule has 1 unspecified atom stereocenters. The van der Waals surface area contributed by atoms with Crippen LogP contribution in [0.25, 0.3) is 0 Å². The maximum absolute atomic E-state index is 12.2. The zero-order valence-electron chi connectivity index (χ0n) is 11.0. The Balaban J connectivity index is 2.86. The zero-order chi connectivity index (χ0) is 13.9. The molecule has 0 aliphatic carbocycles. The molecular formula is C11H18N2O3S2. The summed E-state index contributed by atoms with van der Waals surface area (Å²) in [6.45, 7) is 5.91. The van der Waals surface area contributed by atoms with Gasteiger partial charge in [-0.15, -0.1) is 0 Å². The van der Waals surface area contributed by atoms with Crippen molar-refractivity contribution >= 4 is 27.3 Å². The number of nitrogens with zero attached hydrogens (tertiary/aromatic N) is 2. The van der Waals surface area contributed by atoms with E-state index in [4.69, 9.17) is 0 Å². The van der Waals surface area contributed by atoms with Gasteiger partial charge in [0.2, 0.25) is 0 Å². The Labute approximate surface area is 112 Å². The molecule has 1 rings (SSSR count). The summed E-state index contributed by atoms with van der Waals surface area (Å²) >= 11 is 1.27. The number of carbonyl (C=O) groups excluding carboxylic acids is 1. The maximum atomic E-state index is 12.2. The minimum absolute atomic E-state index is 0.0320. The lowest BCUT2D eigenvalue weighted by atomic mass is 10.2. The zero-order valence-corrected chi connectivity index (χ0v) is 12.6. The minimum atomic E-state index is -3.10. The van der Waals surface area contributed by atoms with E-state index in [-0.39, 0.29) is 17.7 Å². The van der Waals surface area contributed by atoms with E-state index in [1.165, 1.54) is 22.7 Å². The average Bonchev–Trinajstić information content (AvgIpc) is 2.63. The molecule has 0 aliphatic rings.